The minimum atomic E-state index is -0.770. The third-order valence-electron chi connectivity index (χ3n) is 10.1. The van der Waals surface area contributed by atoms with Gasteiger partial charge >= 0.3 is 7.12 Å². The number of carbonyl (C=O) groups excluding carboxylic acids is 2. The second kappa shape index (κ2) is 14.2. The van der Waals surface area contributed by atoms with Gasteiger partial charge in [0, 0.05) is 18.9 Å². The molecular weight excluding hydrogens is 563 g/mol. The summed E-state index contributed by atoms with van der Waals surface area (Å²) in [5.41, 5.74) is 7.20. The maximum atomic E-state index is 13.8. The normalized spacial score (nSPS) is 31.3. The summed E-state index contributed by atoms with van der Waals surface area (Å²) in [5, 5.41) is 16.3. The molecule has 0 aromatic heterocycles. The summed E-state index contributed by atoms with van der Waals surface area (Å²) in [7, 11) is -0.541. The molecule has 12 nitrogen and oxygen atoms in total. The van der Waals surface area contributed by atoms with Crippen molar-refractivity contribution in [3.05, 3.63) is 10.1 Å². The zero-order valence-electron chi connectivity index (χ0n) is 25.7. The fourth-order valence-corrected chi connectivity index (χ4v) is 7.62. The quantitative estimate of drug-likeness (QED) is 0.0610. The third kappa shape index (κ3) is 7.76. The number of amides is 1. The number of nitrogens with two attached hydrogens (primary N) is 1. The first-order valence-electron chi connectivity index (χ1n) is 15.4. The lowest BCUT2D eigenvalue weighted by atomic mass is 9.43. The Bertz CT molecular complexity index is 1010. The number of nitro groups is 1. The SMILES string of the molecule is CC(C)C[C@H](NC(=O)[C@H](CCCN=C(N)N[N+](=O)[O-])CC(=O)C1CCCCN1)B1O[C@@H]2C[C@@H]3C[C@@H](C3(C)C)[C@]2(C)O1.Cl. The highest BCUT2D eigenvalue weighted by Gasteiger charge is 2.68. The van der Waals surface area contributed by atoms with E-state index in [9.17, 15) is 19.7 Å². The summed E-state index contributed by atoms with van der Waals surface area (Å²) in [4.78, 5) is 41.5. The van der Waals surface area contributed by atoms with E-state index in [0.29, 0.717) is 37.0 Å². The Morgan fingerprint density at radius 1 is 1.24 bits per heavy atom. The number of nitrogens with zero attached hydrogens (tertiary/aromatic N) is 2. The molecule has 7 atom stereocenters. The highest BCUT2D eigenvalue weighted by Crippen LogP contribution is 2.65. The fourth-order valence-electron chi connectivity index (χ4n) is 7.62. The predicted molar refractivity (Wildman–Crippen MR) is 163 cm³/mol. The largest absolute Gasteiger partial charge is 0.481 e. The number of Topliss-reactive ketones (excluding diaryl/α,β-unsaturated/α-hetero) is 1. The summed E-state index contributed by atoms with van der Waals surface area (Å²) in [6.45, 7) is 12.0. The minimum absolute atomic E-state index is 0. The van der Waals surface area contributed by atoms with Gasteiger partial charge in [0.2, 0.25) is 5.91 Å². The number of halogens is 1. The maximum Gasteiger partial charge on any atom is 0.481 e. The molecule has 5 N–H and O–H groups in total. The first-order valence-corrected chi connectivity index (χ1v) is 15.4. The van der Waals surface area contributed by atoms with Gasteiger partial charge in [0.05, 0.1) is 23.7 Å². The van der Waals surface area contributed by atoms with Gasteiger partial charge in [-0.05, 0) is 81.6 Å². The van der Waals surface area contributed by atoms with Gasteiger partial charge in [0.15, 0.2) is 10.8 Å². The Kier molecular flexibility index (Phi) is 11.7. The Morgan fingerprint density at radius 2 is 1.98 bits per heavy atom. The molecule has 2 heterocycles. The number of piperidine rings is 1. The van der Waals surface area contributed by atoms with E-state index < -0.39 is 18.1 Å². The van der Waals surface area contributed by atoms with Crippen LogP contribution in [-0.2, 0) is 18.9 Å². The van der Waals surface area contributed by atoms with Crippen LogP contribution >= 0.6 is 12.4 Å². The van der Waals surface area contributed by atoms with E-state index in [2.05, 4.69) is 50.2 Å². The van der Waals surface area contributed by atoms with Crippen molar-refractivity contribution in [1.82, 2.24) is 16.1 Å². The van der Waals surface area contributed by atoms with Crippen molar-refractivity contribution in [2.24, 2.45) is 39.8 Å². The molecule has 0 radical (unpaired) electrons. The molecule has 0 aromatic carbocycles. The van der Waals surface area contributed by atoms with Gasteiger partial charge in [0.1, 0.15) is 0 Å². The zero-order chi connectivity index (χ0) is 29.9. The first kappa shape index (κ1) is 34.5. The topological polar surface area (TPSA) is 170 Å². The van der Waals surface area contributed by atoms with E-state index in [4.69, 9.17) is 15.0 Å². The molecule has 42 heavy (non-hydrogen) atoms. The second-order valence-corrected chi connectivity index (χ2v) is 13.7. The van der Waals surface area contributed by atoms with Crippen LogP contribution in [0.2, 0.25) is 0 Å². The van der Waals surface area contributed by atoms with Crippen molar-refractivity contribution in [3.63, 3.8) is 0 Å². The summed E-state index contributed by atoms with van der Waals surface area (Å²) < 4.78 is 13.2. The van der Waals surface area contributed by atoms with Crippen LogP contribution in [0.3, 0.4) is 0 Å². The van der Waals surface area contributed by atoms with E-state index in [0.717, 1.165) is 38.6 Å². The lowest BCUT2D eigenvalue weighted by Crippen LogP contribution is -2.65. The minimum Gasteiger partial charge on any atom is -0.404 e. The van der Waals surface area contributed by atoms with E-state index in [-0.39, 0.29) is 72.1 Å². The molecule has 2 saturated heterocycles. The number of aliphatic imine (C=N–C) groups is 1. The van der Waals surface area contributed by atoms with Crippen LogP contribution in [0.4, 0.5) is 0 Å². The number of hydrogen-bond acceptors (Lipinski definition) is 8. The fraction of sp³-hybridized carbons (Fsp3) is 0.893. The third-order valence-corrected chi connectivity index (χ3v) is 10.1. The number of carbonyl (C=O) groups is 2. The van der Waals surface area contributed by atoms with E-state index in [1.807, 2.05) is 5.43 Å². The van der Waals surface area contributed by atoms with Crippen LogP contribution in [0.25, 0.3) is 0 Å². The van der Waals surface area contributed by atoms with E-state index >= 15 is 0 Å². The first-order chi connectivity index (χ1) is 19.3. The monoisotopic (exact) mass is 612 g/mol. The predicted octanol–water partition coefficient (Wildman–Crippen LogP) is 2.80. The lowest BCUT2D eigenvalue weighted by molar-refractivity contribution is -0.525. The standard InChI is InChI=1S/C28H49BN6O6.ClH/c1-17(2)13-24(29-40-23-16-19-15-22(27(19,3)4)28(23,5)41-29)33-25(37)18(9-8-12-32-26(30)34-35(38)39)14-21(36)20-10-6-7-11-31-20;/h17-20,22-24,31H,6-16H2,1-5H3,(H,33,37)(H3,30,32,34);1H/t18-,19+,20?,22+,23-,24+,28+;/m1./s1. The molecule has 238 valence electrons. The molecule has 3 aliphatic carbocycles. The second-order valence-electron chi connectivity index (χ2n) is 13.7. The van der Waals surface area contributed by atoms with E-state index in [1.165, 1.54) is 0 Å². The van der Waals surface area contributed by atoms with Crippen molar-refractivity contribution in [2.75, 3.05) is 13.1 Å². The maximum absolute atomic E-state index is 13.8. The summed E-state index contributed by atoms with van der Waals surface area (Å²) in [5.74, 6) is 0.0000640. The van der Waals surface area contributed by atoms with Crippen molar-refractivity contribution < 1.29 is 23.9 Å². The lowest BCUT2D eigenvalue weighted by Gasteiger charge is -2.64. The molecule has 5 rings (SSSR count). The van der Waals surface area contributed by atoms with Gasteiger partial charge in [-0.25, -0.2) is 15.1 Å². The number of nitrogens with one attached hydrogen (secondary N) is 3. The molecule has 0 aromatic rings. The molecule has 0 spiro atoms. The van der Waals surface area contributed by atoms with Crippen molar-refractivity contribution >= 4 is 37.2 Å². The summed E-state index contributed by atoms with van der Waals surface area (Å²) in [6.07, 6.45) is 6.61. The van der Waals surface area contributed by atoms with Crippen LogP contribution in [0.1, 0.15) is 92.4 Å². The molecule has 14 heteroatoms. The van der Waals surface area contributed by atoms with Crippen LogP contribution in [0.5, 0.6) is 0 Å². The molecule has 5 fully saturated rings. The highest BCUT2D eigenvalue weighted by molar-refractivity contribution is 6.47. The molecule has 2 aliphatic heterocycles. The van der Waals surface area contributed by atoms with Gasteiger partial charge < -0.3 is 25.7 Å². The zero-order valence-corrected chi connectivity index (χ0v) is 26.5. The Labute approximate surface area is 256 Å². The molecular formula is C28H50BClN6O6. The van der Waals surface area contributed by atoms with Gasteiger partial charge in [-0.2, -0.15) is 0 Å². The molecule has 5 aliphatic rings. The van der Waals surface area contributed by atoms with Crippen LogP contribution < -0.4 is 21.8 Å². The van der Waals surface area contributed by atoms with Gasteiger partial charge in [0.25, 0.3) is 5.96 Å². The summed E-state index contributed by atoms with van der Waals surface area (Å²) >= 11 is 0. The van der Waals surface area contributed by atoms with Crippen molar-refractivity contribution in [2.45, 2.75) is 116 Å². The smallest absolute Gasteiger partial charge is 0.404 e. The number of hydrazine groups is 1. The van der Waals surface area contributed by atoms with Crippen molar-refractivity contribution in [3.8, 4) is 0 Å². The average Bonchev–Trinajstić information content (AvgIpc) is 3.26. The molecule has 1 amide bonds. The average molecular weight is 613 g/mol. The number of hydrogen-bond donors (Lipinski definition) is 4. The Hall–Kier alpha value is -1.96. The Morgan fingerprint density at radius 3 is 2.60 bits per heavy atom. The molecule has 2 bridgehead atoms. The van der Waals surface area contributed by atoms with Crippen LogP contribution in [0, 0.1) is 39.2 Å². The number of guanidine groups is 1. The van der Waals surface area contributed by atoms with Gasteiger partial charge in [-0.3, -0.25) is 9.59 Å². The summed E-state index contributed by atoms with van der Waals surface area (Å²) in [6, 6.07) is -0.233. The highest BCUT2D eigenvalue weighted by atomic mass is 35.5. The van der Waals surface area contributed by atoms with Gasteiger partial charge in [-0.15, -0.1) is 12.4 Å². The van der Waals surface area contributed by atoms with Gasteiger partial charge in [-0.1, -0.05) is 39.5 Å². The van der Waals surface area contributed by atoms with Crippen LogP contribution in [-0.4, -0.2) is 66.6 Å². The van der Waals surface area contributed by atoms with Crippen molar-refractivity contribution in [1.29, 1.82) is 0 Å². The Balaban J connectivity index is 0.00000484. The van der Waals surface area contributed by atoms with Crippen LogP contribution in [0.15, 0.2) is 4.99 Å². The van der Waals surface area contributed by atoms with E-state index in [1.54, 1.807) is 0 Å². The number of rotatable bonds is 13. The number of ketones is 1. The molecule has 1 unspecified atom stereocenters. The molecule has 3 saturated carbocycles.